The van der Waals surface area contributed by atoms with Crippen molar-refractivity contribution in [3.8, 4) is 0 Å². The maximum absolute atomic E-state index is 13.6. The second kappa shape index (κ2) is 5.45. The predicted molar refractivity (Wildman–Crippen MR) is 91.3 cm³/mol. The van der Waals surface area contributed by atoms with Gasteiger partial charge >= 0.3 is 0 Å². The number of pyridine rings is 1. The molecule has 5 heteroatoms. The summed E-state index contributed by atoms with van der Waals surface area (Å²) in [4.78, 5) is 16.1. The third kappa shape index (κ3) is 2.40. The van der Waals surface area contributed by atoms with Crippen LogP contribution in [0.4, 0.5) is 4.39 Å². The molecule has 118 valence electrons. The van der Waals surface area contributed by atoms with Gasteiger partial charge in [0.2, 0.25) is 0 Å². The molecule has 2 N–H and O–H groups in total. The zero-order valence-corrected chi connectivity index (χ0v) is 12.7. The summed E-state index contributed by atoms with van der Waals surface area (Å²) in [5.41, 5.74) is 7.06. The first kappa shape index (κ1) is 14.4. The fourth-order valence-corrected chi connectivity index (χ4v) is 3.02. The van der Waals surface area contributed by atoms with Crippen molar-refractivity contribution in [2.24, 2.45) is 5.73 Å². The molecule has 0 fully saturated rings. The number of amides is 1. The number of fused-ring (bicyclic) bond motifs is 2. The molecule has 2 aromatic heterocycles. The zero-order valence-electron chi connectivity index (χ0n) is 12.7. The Morgan fingerprint density at radius 2 is 1.88 bits per heavy atom. The third-order valence-corrected chi connectivity index (χ3v) is 4.11. The quantitative estimate of drug-likeness (QED) is 0.628. The van der Waals surface area contributed by atoms with Crippen LogP contribution in [0.1, 0.15) is 16.1 Å². The van der Waals surface area contributed by atoms with E-state index in [1.165, 1.54) is 12.1 Å². The molecule has 1 amide bonds. The summed E-state index contributed by atoms with van der Waals surface area (Å²) >= 11 is 0. The Morgan fingerprint density at radius 1 is 1.08 bits per heavy atom. The van der Waals surface area contributed by atoms with E-state index in [2.05, 4.69) is 4.98 Å². The van der Waals surface area contributed by atoms with E-state index < -0.39 is 11.7 Å². The molecule has 0 aliphatic heterocycles. The van der Waals surface area contributed by atoms with Crippen LogP contribution in [-0.4, -0.2) is 15.5 Å². The summed E-state index contributed by atoms with van der Waals surface area (Å²) in [5, 5.41) is 2.81. The van der Waals surface area contributed by atoms with Gasteiger partial charge in [0, 0.05) is 23.2 Å². The van der Waals surface area contributed by atoms with Crippen molar-refractivity contribution < 1.29 is 9.18 Å². The summed E-state index contributed by atoms with van der Waals surface area (Å²) in [6.07, 6.45) is 3.64. The van der Waals surface area contributed by atoms with E-state index in [0.29, 0.717) is 17.4 Å². The van der Waals surface area contributed by atoms with E-state index in [1.54, 1.807) is 6.07 Å². The number of nitrogens with zero attached hydrogens (tertiary/aromatic N) is 2. The van der Waals surface area contributed by atoms with Gasteiger partial charge in [-0.25, -0.2) is 4.39 Å². The van der Waals surface area contributed by atoms with E-state index in [1.807, 2.05) is 47.3 Å². The lowest BCUT2D eigenvalue weighted by Crippen LogP contribution is -2.14. The number of rotatable bonds is 3. The number of aromatic nitrogens is 2. The van der Waals surface area contributed by atoms with Gasteiger partial charge in [-0.3, -0.25) is 9.78 Å². The lowest BCUT2D eigenvalue weighted by atomic mass is 10.1. The Morgan fingerprint density at radius 3 is 2.67 bits per heavy atom. The van der Waals surface area contributed by atoms with Gasteiger partial charge in [-0.2, -0.15) is 0 Å². The summed E-state index contributed by atoms with van der Waals surface area (Å²) in [7, 11) is 0. The highest BCUT2D eigenvalue weighted by Gasteiger charge is 2.14. The first-order valence-electron chi connectivity index (χ1n) is 7.54. The van der Waals surface area contributed by atoms with Crippen LogP contribution in [0.2, 0.25) is 0 Å². The summed E-state index contributed by atoms with van der Waals surface area (Å²) in [6, 6.07) is 14.3. The SMILES string of the molecule is NC(=O)c1cc(F)cc2ccn(Cc3cc4ccccc4cn3)c12. The first-order chi connectivity index (χ1) is 11.6. The van der Waals surface area contributed by atoms with Crippen LogP contribution in [0, 0.1) is 5.82 Å². The number of hydrogen-bond acceptors (Lipinski definition) is 2. The van der Waals surface area contributed by atoms with Crippen LogP contribution in [0.25, 0.3) is 21.7 Å². The number of hydrogen-bond donors (Lipinski definition) is 1. The maximum Gasteiger partial charge on any atom is 0.250 e. The predicted octanol–water partition coefficient (Wildman–Crippen LogP) is 3.48. The smallest absolute Gasteiger partial charge is 0.250 e. The van der Waals surface area contributed by atoms with Crippen LogP contribution in [0.15, 0.2) is 60.9 Å². The molecule has 0 atom stereocenters. The standard InChI is InChI=1S/C19H14FN3O/c20-15-7-13-5-6-23(18(13)17(9-15)19(21)24)11-16-8-12-3-1-2-4-14(12)10-22-16/h1-10H,11H2,(H2,21,24). The average molecular weight is 319 g/mol. The van der Waals surface area contributed by atoms with E-state index in [9.17, 15) is 9.18 Å². The number of carbonyl (C=O) groups excluding carboxylic acids is 1. The fourth-order valence-electron chi connectivity index (χ4n) is 3.02. The molecule has 2 heterocycles. The molecule has 0 aliphatic rings. The molecule has 0 bridgehead atoms. The first-order valence-corrected chi connectivity index (χ1v) is 7.54. The minimum Gasteiger partial charge on any atom is -0.366 e. The van der Waals surface area contributed by atoms with Crippen molar-refractivity contribution in [1.29, 1.82) is 0 Å². The van der Waals surface area contributed by atoms with Crippen molar-refractivity contribution in [3.63, 3.8) is 0 Å². The fraction of sp³-hybridized carbons (Fsp3) is 0.0526. The average Bonchev–Trinajstić information content (AvgIpc) is 2.96. The van der Waals surface area contributed by atoms with Gasteiger partial charge in [0.15, 0.2) is 0 Å². The van der Waals surface area contributed by atoms with Crippen LogP contribution in [0.3, 0.4) is 0 Å². The second-order valence-electron chi connectivity index (χ2n) is 5.72. The van der Waals surface area contributed by atoms with Crippen LogP contribution in [0.5, 0.6) is 0 Å². The maximum atomic E-state index is 13.6. The van der Waals surface area contributed by atoms with Crippen molar-refractivity contribution in [1.82, 2.24) is 9.55 Å². The molecule has 2 aromatic carbocycles. The molecule has 0 spiro atoms. The van der Waals surface area contributed by atoms with Crippen LogP contribution >= 0.6 is 0 Å². The van der Waals surface area contributed by atoms with Gasteiger partial charge in [-0.05, 0) is 29.7 Å². The number of benzene rings is 2. The van der Waals surface area contributed by atoms with Crippen LogP contribution in [-0.2, 0) is 6.54 Å². The molecular formula is C19H14FN3O. The molecule has 0 saturated carbocycles. The Bertz CT molecular complexity index is 1080. The van der Waals surface area contributed by atoms with E-state index >= 15 is 0 Å². The minimum absolute atomic E-state index is 0.177. The molecule has 24 heavy (non-hydrogen) atoms. The second-order valence-corrected chi connectivity index (χ2v) is 5.72. The van der Waals surface area contributed by atoms with Gasteiger partial charge < -0.3 is 10.3 Å². The normalized spacial score (nSPS) is 11.2. The Balaban J connectivity index is 1.82. The highest BCUT2D eigenvalue weighted by Crippen LogP contribution is 2.23. The number of primary amides is 1. The number of carbonyl (C=O) groups is 1. The monoisotopic (exact) mass is 319 g/mol. The summed E-state index contributed by atoms with van der Waals surface area (Å²) in [6.45, 7) is 0.472. The van der Waals surface area contributed by atoms with Gasteiger partial charge in [0.05, 0.1) is 23.3 Å². The highest BCUT2D eigenvalue weighted by atomic mass is 19.1. The number of halogens is 1. The topological polar surface area (TPSA) is 60.9 Å². The summed E-state index contributed by atoms with van der Waals surface area (Å²) in [5.74, 6) is -1.12. The van der Waals surface area contributed by atoms with Gasteiger partial charge in [-0.1, -0.05) is 24.3 Å². The number of nitrogens with two attached hydrogens (primary N) is 1. The van der Waals surface area contributed by atoms with Crippen molar-refractivity contribution in [2.75, 3.05) is 0 Å². The Labute approximate surface area is 137 Å². The lowest BCUT2D eigenvalue weighted by molar-refractivity contribution is 0.100. The largest absolute Gasteiger partial charge is 0.366 e. The molecule has 4 rings (SSSR count). The van der Waals surface area contributed by atoms with Crippen molar-refractivity contribution >= 4 is 27.6 Å². The molecule has 4 aromatic rings. The van der Waals surface area contributed by atoms with E-state index in [4.69, 9.17) is 5.73 Å². The van der Waals surface area contributed by atoms with Gasteiger partial charge in [0.25, 0.3) is 5.91 Å². The molecule has 0 unspecified atom stereocenters. The van der Waals surface area contributed by atoms with Gasteiger partial charge in [-0.15, -0.1) is 0 Å². The minimum atomic E-state index is -0.647. The highest BCUT2D eigenvalue weighted by molar-refractivity contribution is 6.05. The lowest BCUT2D eigenvalue weighted by Gasteiger charge is -2.09. The molecule has 0 saturated heterocycles. The van der Waals surface area contributed by atoms with Crippen molar-refractivity contribution in [3.05, 3.63) is 78.0 Å². The van der Waals surface area contributed by atoms with E-state index in [-0.39, 0.29) is 5.56 Å². The van der Waals surface area contributed by atoms with Crippen LogP contribution < -0.4 is 5.73 Å². The Kier molecular flexibility index (Phi) is 3.27. The summed E-state index contributed by atoms with van der Waals surface area (Å²) < 4.78 is 15.5. The Hall–Kier alpha value is -3.21. The van der Waals surface area contributed by atoms with E-state index in [0.717, 1.165) is 16.5 Å². The molecule has 0 radical (unpaired) electrons. The molecule has 0 aliphatic carbocycles. The zero-order chi connectivity index (χ0) is 16.7. The van der Waals surface area contributed by atoms with Crippen molar-refractivity contribution in [2.45, 2.75) is 6.54 Å². The third-order valence-electron chi connectivity index (χ3n) is 4.11. The van der Waals surface area contributed by atoms with Gasteiger partial charge in [0.1, 0.15) is 5.82 Å². The molecular weight excluding hydrogens is 305 g/mol. The molecule has 4 nitrogen and oxygen atoms in total.